The number of carboxylic acid groups (broad SMARTS) is 2. The number of carboxylic acids is 2. The number of carbonyl (C=O) groups excluding carboxylic acids is 4. The van der Waals surface area contributed by atoms with E-state index in [1.54, 1.807) is 13.8 Å². The van der Waals surface area contributed by atoms with Crippen molar-refractivity contribution < 1.29 is 39.0 Å². The van der Waals surface area contributed by atoms with Crippen molar-refractivity contribution in [1.82, 2.24) is 25.9 Å². The fourth-order valence-corrected chi connectivity index (χ4v) is 3.13. The average Bonchev–Trinajstić information content (AvgIpc) is 3.31. The molecule has 1 aromatic heterocycles. The van der Waals surface area contributed by atoms with Gasteiger partial charge < -0.3 is 42.6 Å². The summed E-state index contributed by atoms with van der Waals surface area (Å²) in [6.07, 6.45) is 1.85. The van der Waals surface area contributed by atoms with Crippen LogP contribution in [0.15, 0.2) is 12.5 Å². The fraction of sp³-hybridized carbons (Fsp3) is 0.571. The Morgan fingerprint density at radius 1 is 1.03 bits per heavy atom. The molecular weight excluding hydrogens is 478 g/mol. The highest BCUT2D eigenvalue weighted by atomic mass is 16.4. The highest BCUT2D eigenvalue weighted by molar-refractivity contribution is 5.96. The molecule has 0 fully saturated rings. The van der Waals surface area contributed by atoms with Gasteiger partial charge in [0.25, 0.3) is 0 Å². The molecule has 1 heterocycles. The van der Waals surface area contributed by atoms with Crippen LogP contribution < -0.4 is 27.4 Å². The predicted molar refractivity (Wildman–Crippen MR) is 124 cm³/mol. The topological polar surface area (TPSA) is 260 Å². The lowest BCUT2D eigenvalue weighted by Crippen LogP contribution is -2.58. The van der Waals surface area contributed by atoms with Gasteiger partial charge in [0.05, 0.1) is 18.8 Å². The molecule has 0 bridgehead atoms. The van der Waals surface area contributed by atoms with E-state index in [0.717, 1.165) is 0 Å². The summed E-state index contributed by atoms with van der Waals surface area (Å²) < 4.78 is 0. The van der Waals surface area contributed by atoms with E-state index < -0.39 is 78.5 Å². The Kier molecular flexibility index (Phi) is 12.0. The Morgan fingerprint density at radius 3 is 2.14 bits per heavy atom. The number of hydrogen-bond acceptors (Lipinski definition) is 8. The van der Waals surface area contributed by atoms with Crippen molar-refractivity contribution in [2.24, 2.45) is 17.4 Å². The van der Waals surface area contributed by atoms with Gasteiger partial charge in [-0.2, -0.15) is 0 Å². The molecule has 5 unspecified atom stereocenters. The third-order valence-corrected chi connectivity index (χ3v) is 5.43. The summed E-state index contributed by atoms with van der Waals surface area (Å²) >= 11 is 0. The Morgan fingerprint density at radius 2 is 1.64 bits per heavy atom. The maximum absolute atomic E-state index is 13.0. The van der Waals surface area contributed by atoms with Crippen molar-refractivity contribution in [2.45, 2.75) is 70.1 Å². The van der Waals surface area contributed by atoms with E-state index in [1.807, 2.05) is 0 Å². The molecule has 4 amide bonds. The summed E-state index contributed by atoms with van der Waals surface area (Å²) in [6, 6.07) is -5.33. The average molecular weight is 512 g/mol. The van der Waals surface area contributed by atoms with Gasteiger partial charge in [-0.1, -0.05) is 20.3 Å². The minimum absolute atomic E-state index is 0.111. The lowest BCUT2D eigenvalue weighted by molar-refractivity contribution is -0.144. The van der Waals surface area contributed by atoms with Crippen molar-refractivity contribution in [1.29, 1.82) is 0 Å². The van der Waals surface area contributed by atoms with Crippen LogP contribution in [-0.4, -0.2) is 79.9 Å². The number of aliphatic carboxylic acids is 2. The van der Waals surface area contributed by atoms with Gasteiger partial charge in [0.15, 0.2) is 0 Å². The number of rotatable bonds is 16. The first kappa shape index (κ1) is 30.0. The van der Waals surface area contributed by atoms with E-state index in [-0.39, 0.29) is 12.8 Å². The van der Waals surface area contributed by atoms with E-state index in [1.165, 1.54) is 12.5 Å². The second kappa shape index (κ2) is 14.4. The summed E-state index contributed by atoms with van der Waals surface area (Å²) in [5.74, 6) is -6.44. The number of carbonyl (C=O) groups is 6. The first-order valence-electron chi connectivity index (χ1n) is 11.2. The van der Waals surface area contributed by atoms with Gasteiger partial charge in [-0.3, -0.25) is 24.0 Å². The number of aromatic amines is 1. The van der Waals surface area contributed by atoms with Gasteiger partial charge in [0.1, 0.15) is 18.1 Å². The van der Waals surface area contributed by atoms with Crippen LogP contribution in [0.5, 0.6) is 0 Å². The molecule has 0 aromatic carbocycles. The minimum Gasteiger partial charge on any atom is -0.481 e. The van der Waals surface area contributed by atoms with Crippen LogP contribution in [0, 0.1) is 5.92 Å². The molecule has 0 aliphatic heterocycles. The van der Waals surface area contributed by atoms with Crippen LogP contribution >= 0.6 is 0 Å². The predicted octanol–water partition coefficient (Wildman–Crippen LogP) is -2.40. The second-order valence-corrected chi connectivity index (χ2v) is 8.32. The standard InChI is InChI=1S/C21H33N7O8/c1-3-10(2)17(21(35)36)28-20(34)13(6-11-8-24-9-25-11)27-19(33)14(7-15(23)29)26-18(32)12(22)4-5-16(30)31/h8-10,12-14,17H,3-7,22H2,1-2H3,(H2,23,29)(H,24,25)(H,26,32)(H,27,33)(H,28,34)(H,30,31)(H,35,36). The zero-order valence-corrected chi connectivity index (χ0v) is 20.0. The lowest BCUT2D eigenvalue weighted by atomic mass is 9.98. The molecule has 36 heavy (non-hydrogen) atoms. The zero-order chi connectivity index (χ0) is 27.4. The number of nitrogens with zero attached hydrogens (tertiary/aromatic N) is 1. The monoisotopic (exact) mass is 511 g/mol. The Hall–Kier alpha value is -4.01. The third kappa shape index (κ3) is 10.1. The first-order valence-corrected chi connectivity index (χ1v) is 11.2. The molecule has 1 aromatic rings. The molecule has 15 heteroatoms. The highest BCUT2D eigenvalue weighted by Gasteiger charge is 2.32. The van der Waals surface area contributed by atoms with Gasteiger partial charge >= 0.3 is 11.9 Å². The van der Waals surface area contributed by atoms with Gasteiger partial charge in [-0.25, -0.2) is 9.78 Å². The van der Waals surface area contributed by atoms with Crippen LogP contribution in [0.3, 0.4) is 0 Å². The van der Waals surface area contributed by atoms with Crippen LogP contribution in [0.2, 0.25) is 0 Å². The van der Waals surface area contributed by atoms with E-state index in [4.69, 9.17) is 16.6 Å². The summed E-state index contributed by atoms with van der Waals surface area (Å²) in [5.41, 5.74) is 11.3. The smallest absolute Gasteiger partial charge is 0.326 e. The number of nitrogens with one attached hydrogen (secondary N) is 4. The van der Waals surface area contributed by atoms with Crippen LogP contribution in [-0.2, 0) is 35.2 Å². The SMILES string of the molecule is CCC(C)C(NC(=O)C(Cc1cnc[nH]1)NC(=O)C(CC(N)=O)NC(=O)C(N)CCC(=O)O)C(=O)O. The summed E-state index contributed by atoms with van der Waals surface area (Å²) in [6.45, 7) is 3.41. The number of nitrogens with two attached hydrogens (primary N) is 2. The number of primary amides is 1. The van der Waals surface area contributed by atoms with Crippen molar-refractivity contribution in [2.75, 3.05) is 0 Å². The van der Waals surface area contributed by atoms with E-state index in [0.29, 0.717) is 12.1 Å². The summed E-state index contributed by atoms with van der Waals surface area (Å²) in [7, 11) is 0. The minimum atomic E-state index is -1.52. The maximum Gasteiger partial charge on any atom is 0.326 e. The fourth-order valence-electron chi connectivity index (χ4n) is 3.13. The van der Waals surface area contributed by atoms with Gasteiger partial charge in [-0.05, 0) is 12.3 Å². The van der Waals surface area contributed by atoms with E-state index in [9.17, 15) is 33.9 Å². The van der Waals surface area contributed by atoms with Gasteiger partial charge in [-0.15, -0.1) is 0 Å². The molecule has 0 spiro atoms. The van der Waals surface area contributed by atoms with Crippen LogP contribution in [0.4, 0.5) is 0 Å². The van der Waals surface area contributed by atoms with Crippen molar-refractivity contribution in [3.63, 3.8) is 0 Å². The van der Waals surface area contributed by atoms with Crippen molar-refractivity contribution >= 4 is 35.6 Å². The molecule has 15 nitrogen and oxygen atoms in total. The number of imidazole rings is 1. The number of amides is 4. The zero-order valence-electron chi connectivity index (χ0n) is 20.0. The lowest BCUT2D eigenvalue weighted by Gasteiger charge is -2.26. The first-order chi connectivity index (χ1) is 16.8. The van der Waals surface area contributed by atoms with Crippen molar-refractivity contribution in [3.8, 4) is 0 Å². The Labute approximate surface area is 206 Å². The number of H-pyrrole nitrogens is 1. The normalized spacial score (nSPS) is 15.0. The largest absolute Gasteiger partial charge is 0.481 e. The van der Waals surface area contributed by atoms with Crippen molar-refractivity contribution in [3.05, 3.63) is 18.2 Å². The van der Waals surface area contributed by atoms with E-state index >= 15 is 0 Å². The van der Waals surface area contributed by atoms with Gasteiger partial charge in [0, 0.05) is 24.7 Å². The van der Waals surface area contributed by atoms with Crippen LogP contribution in [0.25, 0.3) is 0 Å². The molecule has 1 rings (SSSR count). The Bertz CT molecular complexity index is 937. The molecule has 10 N–H and O–H groups in total. The van der Waals surface area contributed by atoms with Gasteiger partial charge in [0.2, 0.25) is 23.6 Å². The molecular formula is C21H33N7O8. The molecule has 5 atom stereocenters. The molecule has 0 saturated heterocycles. The third-order valence-electron chi connectivity index (χ3n) is 5.43. The molecule has 0 radical (unpaired) electrons. The number of aromatic nitrogens is 2. The highest BCUT2D eigenvalue weighted by Crippen LogP contribution is 2.09. The molecule has 0 saturated carbocycles. The molecule has 0 aliphatic rings. The second-order valence-electron chi connectivity index (χ2n) is 8.32. The summed E-state index contributed by atoms with van der Waals surface area (Å²) in [5, 5.41) is 25.3. The summed E-state index contributed by atoms with van der Waals surface area (Å²) in [4.78, 5) is 78.8. The molecule has 200 valence electrons. The quantitative estimate of drug-likeness (QED) is 0.117. The van der Waals surface area contributed by atoms with E-state index in [2.05, 4.69) is 25.9 Å². The molecule has 0 aliphatic carbocycles. The van der Waals surface area contributed by atoms with Crippen LogP contribution in [0.1, 0.15) is 45.2 Å². The Balaban J connectivity index is 3.07. The maximum atomic E-state index is 13.0. The number of hydrogen-bond donors (Lipinski definition) is 8.